The molecule has 0 saturated carbocycles. The van der Waals surface area contributed by atoms with Crippen LogP contribution in [0.5, 0.6) is 0 Å². The van der Waals surface area contributed by atoms with Crippen LogP contribution in [0.25, 0.3) is 0 Å². The second-order valence-electron chi connectivity index (χ2n) is 3.31. The molecule has 0 radical (unpaired) electrons. The summed E-state index contributed by atoms with van der Waals surface area (Å²) in [4.78, 5) is 10.8. The molecule has 0 aliphatic heterocycles. The highest BCUT2D eigenvalue weighted by molar-refractivity contribution is 5.48. The molecule has 0 bridgehead atoms. The summed E-state index contributed by atoms with van der Waals surface area (Å²) in [5.41, 5.74) is 0. The van der Waals surface area contributed by atoms with E-state index in [2.05, 4.69) is 29.1 Å². The highest BCUT2D eigenvalue weighted by Crippen LogP contribution is 2.13. The fourth-order valence-electron chi connectivity index (χ4n) is 1.14. The molecule has 0 aliphatic carbocycles. The van der Waals surface area contributed by atoms with E-state index in [9.17, 15) is 0 Å². The van der Waals surface area contributed by atoms with Gasteiger partial charge in [-0.25, -0.2) is 9.97 Å². The van der Waals surface area contributed by atoms with E-state index < -0.39 is 0 Å². The van der Waals surface area contributed by atoms with Crippen LogP contribution < -0.4 is 10.2 Å². The predicted octanol–water partition coefficient (Wildman–Crippen LogP) is 1.54. The number of aromatic nitrogens is 2. The first-order valence-corrected chi connectivity index (χ1v) is 4.96. The molecule has 0 spiro atoms. The van der Waals surface area contributed by atoms with E-state index in [1.807, 2.05) is 25.1 Å². The summed E-state index contributed by atoms with van der Waals surface area (Å²) >= 11 is 0. The van der Waals surface area contributed by atoms with Crippen LogP contribution in [0, 0.1) is 0 Å². The average Bonchev–Trinajstić information content (AvgIpc) is 2.17. The molecule has 0 atom stereocenters. The van der Waals surface area contributed by atoms with Gasteiger partial charge in [-0.2, -0.15) is 0 Å². The van der Waals surface area contributed by atoms with Gasteiger partial charge in [0.2, 0.25) is 0 Å². The van der Waals surface area contributed by atoms with Crippen LogP contribution in [0.15, 0.2) is 6.07 Å². The minimum Gasteiger partial charge on any atom is -0.370 e. The van der Waals surface area contributed by atoms with Gasteiger partial charge in [-0.15, -0.1) is 0 Å². The minimum absolute atomic E-state index is 0.861. The fourth-order valence-corrected chi connectivity index (χ4v) is 1.14. The number of aryl methyl sites for hydroxylation is 1. The topological polar surface area (TPSA) is 41.0 Å². The van der Waals surface area contributed by atoms with Crippen molar-refractivity contribution in [1.82, 2.24) is 9.97 Å². The zero-order chi connectivity index (χ0) is 10.6. The summed E-state index contributed by atoms with van der Waals surface area (Å²) in [6.45, 7) is 5.00. The number of anilines is 2. The molecule has 1 rings (SSSR count). The Labute approximate surface area is 85.4 Å². The van der Waals surface area contributed by atoms with Crippen molar-refractivity contribution in [1.29, 1.82) is 0 Å². The van der Waals surface area contributed by atoms with Crippen molar-refractivity contribution in [3.05, 3.63) is 11.9 Å². The van der Waals surface area contributed by atoms with E-state index >= 15 is 0 Å². The molecule has 1 N–H and O–H groups in total. The van der Waals surface area contributed by atoms with Gasteiger partial charge in [0.15, 0.2) is 0 Å². The average molecular weight is 194 g/mol. The Kier molecular flexibility index (Phi) is 3.68. The zero-order valence-electron chi connectivity index (χ0n) is 9.33. The van der Waals surface area contributed by atoms with Crippen molar-refractivity contribution in [2.75, 3.05) is 30.9 Å². The van der Waals surface area contributed by atoms with Crippen molar-refractivity contribution < 1.29 is 0 Å². The van der Waals surface area contributed by atoms with E-state index in [4.69, 9.17) is 0 Å². The lowest BCUT2D eigenvalue weighted by Gasteiger charge is -2.13. The van der Waals surface area contributed by atoms with Crippen LogP contribution in [-0.4, -0.2) is 30.6 Å². The molecule has 1 aromatic heterocycles. The normalized spacial score (nSPS) is 10.0. The fraction of sp³-hybridized carbons (Fsp3) is 0.600. The molecule has 4 nitrogen and oxygen atoms in total. The van der Waals surface area contributed by atoms with Gasteiger partial charge >= 0.3 is 0 Å². The van der Waals surface area contributed by atoms with E-state index in [-0.39, 0.29) is 0 Å². The first kappa shape index (κ1) is 10.8. The summed E-state index contributed by atoms with van der Waals surface area (Å²) in [6, 6.07) is 1.96. The molecule has 0 amide bonds. The Bertz CT molecular complexity index is 296. The molecular weight excluding hydrogens is 176 g/mol. The van der Waals surface area contributed by atoms with Crippen molar-refractivity contribution >= 4 is 11.6 Å². The van der Waals surface area contributed by atoms with Crippen LogP contribution in [0.4, 0.5) is 11.6 Å². The zero-order valence-corrected chi connectivity index (χ0v) is 9.33. The molecule has 0 saturated heterocycles. The number of hydrogen-bond donors (Lipinski definition) is 1. The highest BCUT2D eigenvalue weighted by Gasteiger charge is 2.03. The number of rotatable bonds is 4. The van der Waals surface area contributed by atoms with Crippen LogP contribution in [0.2, 0.25) is 0 Å². The summed E-state index contributed by atoms with van der Waals surface area (Å²) < 4.78 is 0. The second-order valence-corrected chi connectivity index (χ2v) is 3.31. The van der Waals surface area contributed by atoms with Crippen LogP contribution >= 0.6 is 0 Å². The summed E-state index contributed by atoms with van der Waals surface area (Å²) in [7, 11) is 3.97. The Morgan fingerprint density at radius 2 is 2.00 bits per heavy atom. The second kappa shape index (κ2) is 4.79. The third kappa shape index (κ3) is 2.58. The van der Waals surface area contributed by atoms with Gasteiger partial charge in [-0.05, 0) is 6.92 Å². The lowest BCUT2D eigenvalue weighted by molar-refractivity contribution is 0.914. The third-order valence-corrected chi connectivity index (χ3v) is 1.89. The van der Waals surface area contributed by atoms with Gasteiger partial charge in [-0.3, -0.25) is 0 Å². The summed E-state index contributed by atoms with van der Waals surface area (Å²) in [6.07, 6.45) is 0.861. The van der Waals surface area contributed by atoms with Crippen LogP contribution in [0.1, 0.15) is 19.7 Å². The lowest BCUT2D eigenvalue weighted by Crippen LogP contribution is -2.13. The van der Waals surface area contributed by atoms with Gasteiger partial charge in [0.05, 0.1) is 0 Å². The highest BCUT2D eigenvalue weighted by atomic mass is 15.2. The first-order chi connectivity index (χ1) is 6.67. The maximum Gasteiger partial charge on any atom is 0.133 e. The van der Waals surface area contributed by atoms with Gasteiger partial charge in [0.25, 0.3) is 0 Å². The van der Waals surface area contributed by atoms with E-state index in [0.717, 1.165) is 30.4 Å². The number of nitrogens with one attached hydrogen (secondary N) is 1. The smallest absolute Gasteiger partial charge is 0.133 e. The molecule has 4 heteroatoms. The largest absolute Gasteiger partial charge is 0.370 e. The first-order valence-electron chi connectivity index (χ1n) is 4.96. The van der Waals surface area contributed by atoms with E-state index in [1.165, 1.54) is 0 Å². The van der Waals surface area contributed by atoms with E-state index in [1.54, 1.807) is 0 Å². The van der Waals surface area contributed by atoms with Crippen molar-refractivity contribution in [2.45, 2.75) is 20.3 Å². The van der Waals surface area contributed by atoms with Gasteiger partial charge in [-0.1, -0.05) is 6.92 Å². The van der Waals surface area contributed by atoms with Crippen molar-refractivity contribution in [2.24, 2.45) is 0 Å². The quantitative estimate of drug-likeness (QED) is 0.789. The van der Waals surface area contributed by atoms with E-state index in [0.29, 0.717) is 0 Å². The SMILES string of the molecule is CCNc1cc(N(C)C)nc(CC)n1. The van der Waals surface area contributed by atoms with Crippen molar-refractivity contribution in [3.63, 3.8) is 0 Å². The number of hydrogen-bond acceptors (Lipinski definition) is 4. The van der Waals surface area contributed by atoms with Crippen molar-refractivity contribution in [3.8, 4) is 0 Å². The molecule has 0 fully saturated rings. The maximum atomic E-state index is 4.41. The predicted molar refractivity (Wildman–Crippen MR) is 59.9 cm³/mol. The maximum absolute atomic E-state index is 4.41. The van der Waals surface area contributed by atoms with Crippen LogP contribution in [0.3, 0.4) is 0 Å². The molecule has 0 aliphatic rings. The molecule has 0 aromatic carbocycles. The summed E-state index contributed by atoms with van der Waals surface area (Å²) in [5, 5.41) is 3.20. The molecule has 1 heterocycles. The molecule has 14 heavy (non-hydrogen) atoms. The van der Waals surface area contributed by atoms with Gasteiger partial charge in [0, 0.05) is 33.1 Å². The molecule has 0 unspecified atom stereocenters. The van der Waals surface area contributed by atoms with Crippen LogP contribution in [-0.2, 0) is 6.42 Å². The molecular formula is C10H18N4. The van der Waals surface area contributed by atoms with Gasteiger partial charge in [0.1, 0.15) is 17.5 Å². The lowest BCUT2D eigenvalue weighted by atomic mass is 10.4. The molecule has 1 aromatic rings. The standard InChI is InChI=1S/C10H18N4/c1-5-8-12-9(11-6-2)7-10(13-8)14(3)4/h7H,5-6H2,1-4H3,(H,11,12,13). The van der Waals surface area contributed by atoms with Gasteiger partial charge < -0.3 is 10.2 Å². The number of nitrogens with zero attached hydrogens (tertiary/aromatic N) is 3. The Hall–Kier alpha value is -1.32. The third-order valence-electron chi connectivity index (χ3n) is 1.89. The Morgan fingerprint density at radius 3 is 2.50 bits per heavy atom. The Balaban J connectivity index is 3.00. The summed E-state index contributed by atoms with van der Waals surface area (Å²) in [5.74, 6) is 2.74. The Morgan fingerprint density at radius 1 is 1.29 bits per heavy atom. The monoisotopic (exact) mass is 194 g/mol. The molecule has 78 valence electrons. The minimum atomic E-state index is 0.861.